The molecular formula is C19H20FNO4S. The summed E-state index contributed by atoms with van der Waals surface area (Å²) in [6.45, 7) is 4.36. The van der Waals surface area contributed by atoms with Gasteiger partial charge in [0.25, 0.3) is 0 Å². The van der Waals surface area contributed by atoms with Crippen LogP contribution >= 0.6 is 0 Å². The van der Waals surface area contributed by atoms with Crippen LogP contribution in [0.5, 0.6) is 5.75 Å². The lowest BCUT2D eigenvalue weighted by Gasteiger charge is -2.18. The van der Waals surface area contributed by atoms with E-state index in [-0.39, 0.29) is 10.6 Å². The zero-order valence-corrected chi connectivity index (χ0v) is 15.4. The quantitative estimate of drug-likeness (QED) is 0.421. The molecule has 0 radical (unpaired) electrons. The molecule has 0 aliphatic carbocycles. The van der Waals surface area contributed by atoms with Crippen molar-refractivity contribution < 1.29 is 22.3 Å². The zero-order valence-electron chi connectivity index (χ0n) is 14.6. The largest absolute Gasteiger partial charge is 0.423 e. The Kier molecular flexibility index (Phi) is 6.65. The molecule has 0 aliphatic rings. The number of hydrogen-bond acceptors (Lipinski definition) is 4. The van der Waals surface area contributed by atoms with Crippen molar-refractivity contribution in [3.8, 4) is 5.75 Å². The van der Waals surface area contributed by atoms with Gasteiger partial charge < -0.3 is 4.74 Å². The fourth-order valence-corrected chi connectivity index (χ4v) is 3.74. The van der Waals surface area contributed by atoms with Crippen molar-refractivity contribution in [2.24, 2.45) is 0 Å². The van der Waals surface area contributed by atoms with Crippen LogP contribution in [-0.4, -0.2) is 31.8 Å². The van der Waals surface area contributed by atoms with E-state index in [0.717, 1.165) is 0 Å². The summed E-state index contributed by atoms with van der Waals surface area (Å²) in [5.74, 6) is -0.793. The Bertz CT molecular complexity index is 871. The summed E-state index contributed by atoms with van der Waals surface area (Å²) in [7, 11) is -3.51. The van der Waals surface area contributed by atoms with Crippen LogP contribution in [-0.2, 0) is 14.8 Å². The van der Waals surface area contributed by atoms with Gasteiger partial charge in [-0.2, -0.15) is 4.31 Å². The molecule has 0 aliphatic heterocycles. The molecule has 0 atom stereocenters. The minimum Gasteiger partial charge on any atom is -0.423 e. The molecule has 2 aromatic rings. The third-order valence-corrected chi connectivity index (χ3v) is 5.73. The number of nitrogens with zero attached hydrogens (tertiary/aromatic N) is 1. The first-order valence-corrected chi connectivity index (χ1v) is 9.56. The normalized spacial score (nSPS) is 11.8. The number of rotatable bonds is 7. The Labute approximate surface area is 152 Å². The van der Waals surface area contributed by atoms with E-state index in [1.807, 2.05) is 0 Å². The molecule has 0 saturated carbocycles. The van der Waals surface area contributed by atoms with Crippen LogP contribution in [0.3, 0.4) is 0 Å². The van der Waals surface area contributed by atoms with Gasteiger partial charge in [-0.25, -0.2) is 17.6 Å². The van der Waals surface area contributed by atoms with E-state index in [1.54, 1.807) is 26.0 Å². The first kappa shape index (κ1) is 19.8. The maximum Gasteiger partial charge on any atom is 0.336 e. The lowest BCUT2D eigenvalue weighted by Crippen LogP contribution is -2.30. The molecule has 0 unspecified atom stereocenters. The molecule has 5 nitrogen and oxygen atoms in total. The van der Waals surface area contributed by atoms with Crippen molar-refractivity contribution in [1.29, 1.82) is 0 Å². The topological polar surface area (TPSA) is 63.7 Å². The van der Waals surface area contributed by atoms with Crippen LogP contribution < -0.4 is 4.74 Å². The molecule has 0 saturated heterocycles. The van der Waals surface area contributed by atoms with E-state index in [1.165, 1.54) is 52.9 Å². The molecule has 2 aromatic carbocycles. The maximum atomic E-state index is 12.8. The van der Waals surface area contributed by atoms with Gasteiger partial charge in [-0.1, -0.05) is 26.0 Å². The van der Waals surface area contributed by atoms with E-state index in [2.05, 4.69) is 0 Å². The minimum atomic E-state index is -3.51. The minimum absolute atomic E-state index is 0.201. The Morgan fingerprint density at radius 2 is 1.62 bits per heavy atom. The molecule has 0 heterocycles. The fourth-order valence-electron chi connectivity index (χ4n) is 2.28. The van der Waals surface area contributed by atoms with Crippen molar-refractivity contribution in [3.63, 3.8) is 0 Å². The second-order valence-electron chi connectivity index (χ2n) is 5.37. The number of hydrogen-bond donors (Lipinski definition) is 0. The summed E-state index contributed by atoms with van der Waals surface area (Å²) in [4.78, 5) is 12.0. The van der Waals surface area contributed by atoms with E-state index >= 15 is 0 Å². The van der Waals surface area contributed by atoms with Crippen molar-refractivity contribution in [2.75, 3.05) is 13.1 Å². The number of benzene rings is 2. The van der Waals surface area contributed by atoms with Crippen LogP contribution in [0.25, 0.3) is 6.08 Å². The summed E-state index contributed by atoms with van der Waals surface area (Å²) in [6, 6.07) is 11.3. The number of carbonyl (C=O) groups is 1. The number of esters is 1. The highest BCUT2D eigenvalue weighted by Gasteiger charge is 2.20. The predicted molar refractivity (Wildman–Crippen MR) is 97.6 cm³/mol. The number of sulfonamides is 1. The average molecular weight is 377 g/mol. The number of ether oxygens (including phenoxy) is 1. The van der Waals surface area contributed by atoms with Crippen molar-refractivity contribution in [2.45, 2.75) is 18.7 Å². The monoisotopic (exact) mass is 377 g/mol. The molecule has 0 aromatic heterocycles. The van der Waals surface area contributed by atoms with Crippen LogP contribution in [0.15, 0.2) is 59.5 Å². The van der Waals surface area contributed by atoms with Crippen LogP contribution in [0.1, 0.15) is 19.4 Å². The molecule has 0 amide bonds. The average Bonchev–Trinajstić information content (AvgIpc) is 2.63. The standard InChI is InChI=1S/C19H20FNO4S/c1-3-21(4-2)26(23,24)18-12-5-15(6-13-18)7-14-19(22)25-17-10-8-16(20)9-11-17/h5-14H,3-4H2,1-2H3/b14-7+. The highest BCUT2D eigenvalue weighted by molar-refractivity contribution is 7.89. The SMILES string of the molecule is CCN(CC)S(=O)(=O)c1ccc(/C=C/C(=O)Oc2ccc(F)cc2)cc1. The van der Waals surface area contributed by atoms with Crippen LogP contribution in [0.2, 0.25) is 0 Å². The molecule has 0 bridgehead atoms. The van der Waals surface area contributed by atoms with Gasteiger partial charge in [0, 0.05) is 19.2 Å². The molecule has 0 fully saturated rings. The van der Waals surface area contributed by atoms with E-state index in [9.17, 15) is 17.6 Å². The third kappa shape index (κ3) is 5.00. The van der Waals surface area contributed by atoms with Crippen molar-refractivity contribution in [3.05, 3.63) is 66.0 Å². The van der Waals surface area contributed by atoms with E-state index < -0.39 is 21.8 Å². The molecule has 26 heavy (non-hydrogen) atoms. The Morgan fingerprint density at radius 1 is 1.04 bits per heavy atom. The van der Waals surface area contributed by atoms with Gasteiger partial charge in [-0.3, -0.25) is 0 Å². The summed E-state index contributed by atoms with van der Waals surface area (Å²) in [5, 5.41) is 0. The van der Waals surface area contributed by atoms with Gasteiger partial charge in [0.2, 0.25) is 10.0 Å². The highest BCUT2D eigenvalue weighted by atomic mass is 32.2. The van der Waals surface area contributed by atoms with E-state index in [0.29, 0.717) is 18.7 Å². The maximum absolute atomic E-state index is 12.8. The smallest absolute Gasteiger partial charge is 0.336 e. The fraction of sp³-hybridized carbons (Fsp3) is 0.211. The number of halogens is 1. The molecule has 0 N–H and O–H groups in total. The highest BCUT2D eigenvalue weighted by Crippen LogP contribution is 2.17. The van der Waals surface area contributed by atoms with Gasteiger partial charge in [0.15, 0.2) is 0 Å². The lowest BCUT2D eigenvalue weighted by atomic mass is 10.2. The third-order valence-electron chi connectivity index (χ3n) is 3.67. The first-order chi connectivity index (χ1) is 12.4. The first-order valence-electron chi connectivity index (χ1n) is 8.12. The van der Waals surface area contributed by atoms with Gasteiger partial charge in [0.05, 0.1) is 4.90 Å². The molecule has 2 rings (SSSR count). The second kappa shape index (κ2) is 8.73. The molecular weight excluding hydrogens is 357 g/mol. The Hall–Kier alpha value is -2.51. The van der Waals surface area contributed by atoms with Gasteiger partial charge >= 0.3 is 5.97 Å². The van der Waals surface area contributed by atoms with Gasteiger partial charge in [-0.05, 0) is 48.0 Å². The predicted octanol–water partition coefficient (Wildman–Crippen LogP) is 3.48. The molecule has 138 valence electrons. The zero-order chi connectivity index (χ0) is 19.2. The van der Waals surface area contributed by atoms with Crippen LogP contribution in [0.4, 0.5) is 4.39 Å². The lowest BCUT2D eigenvalue weighted by molar-refractivity contribution is -0.128. The molecule has 0 spiro atoms. The summed E-state index contributed by atoms with van der Waals surface area (Å²) in [6.07, 6.45) is 2.73. The second-order valence-corrected chi connectivity index (χ2v) is 7.30. The van der Waals surface area contributed by atoms with Gasteiger partial charge in [-0.15, -0.1) is 0 Å². The number of carbonyl (C=O) groups excluding carboxylic acids is 1. The van der Waals surface area contributed by atoms with Crippen molar-refractivity contribution >= 4 is 22.1 Å². The Balaban J connectivity index is 2.05. The van der Waals surface area contributed by atoms with E-state index in [4.69, 9.17) is 4.74 Å². The summed E-state index contributed by atoms with van der Waals surface area (Å²) < 4.78 is 44.0. The molecule has 7 heteroatoms. The Morgan fingerprint density at radius 3 is 2.15 bits per heavy atom. The van der Waals surface area contributed by atoms with Gasteiger partial charge in [0.1, 0.15) is 11.6 Å². The van der Waals surface area contributed by atoms with Crippen molar-refractivity contribution in [1.82, 2.24) is 4.31 Å². The summed E-state index contributed by atoms with van der Waals surface area (Å²) >= 11 is 0. The van der Waals surface area contributed by atoms with Crippen LogP contribution in [0, 0.1) is 5.82 Å². The summed E-state index contributed by atoms with van der Waals surface area (Å²) in [5.41, 5.74) is 0.652.